The van der Waals surface area contributed by atoms with E-state index in [1.165, 1.54) is 44.9 Å². The normalized spacial score (nSPS) is 10.2. The summed E-state index contributed by atoms with van der Waals surface area (Å²) in [7, 11) is 0. The first-order valence-electron chi connectivity index (χ1n) is 10.4. The number of alkyl halides is 2. The molecule has 0 unspecified atom stereocenters. The fourth-order valence-electron chi connectivity index (χ4n) is 2.82. The summed E-state index contributed by atoms with van der Waals surface area (Å²) in [5.41, 5.74) is 1.03. The maximum Gasteiger partial charge on any atom is 0.303 e. The second-order valence-electron chi connectivity index (χ2n) is 6.85. The monoisotopic (exact) mass is 433 g/mol. The van der Waals surface area contributed by atoms with Gasteiger partial charge < -0.3 is 15.1 Å². The highest BCUT2D eigenvalue weighted by Gasteiger charge is 2.04. The van der Waals surface area contributed by atoms with E-state index in [9.17, 15) is 4.79 Å². The molecule has 0 aliphatic rings. The molecule has 0 aromatic heterocycles. The van der Waals surface area contributed by atoms with Crippen molar-refractivity contribution in [1.82, 2.24) is 0 Å². The van der Waals surface area contributed by atoms with Crippen molar-refractivity contribution in [3.63, 3.8) is 0 Å². The molecule has 0 radical (unpaired) electrons. The minimum Gasteiger partial charge on any atom is -0.508 e. The lowest BCUT2D eigenvalue weighted by Crippen LogP contribution is -2.27. The summed E-state index contributed by atoms with van der Waals surface area (Å²) >= 11 is 11.4. The topological polar surface area (TPSA) is 60.8 Å². The van der Waals surface area contributed by atoms with E-state index >= 15 is 0 Å². The van der Waals surface area contributed by atoms with Crippen LogP contribution in [0.4, 0.5) is 5.69 Å². The number of nitrogens with zero attached hydrogens (tertiary/aromatic N) is 1. The van der Waals surface area contributed by atoms with Crippen molar-refractivity contribution in [2.24, 2.45) is 0 Å². The number of anilines is 1. The third-order valence-electron chi connectivity index (χ3n) is 4.42. The van der Waals surface area contributed by atoms with Crippen LogP contribution in [0.1, 0.15) is 71.1 Å². The number of unbranched alkanes of at least 4 members (excludes halogenated alkanes) is 8. The Bertz CT molecular complexity index is 477. The first-order valence-corrected chi connectivity index (χ1v) is 11.5. The molecular formula is C22H37Cl2NO3. The van der Waals surface area contributed by atoms with Gasteiger partial charge in [0.2, 0.25) is 0 Å². The number of halogens is 2. The van der Waals surface area contributed by atoms with Crippen LogP contribution in [0.25, 0.3) is 0 Å². The molecule has 0 spiro atoms. The summed E-state index contributed by atoms with van der Waals surface area (Å²) < 4.78 is 0. The van der Waals surface area contributed by atoms with Gasteiger partial charge in [-0.2, -0.15) is 0 Å². The molecule has 1 aromatic carbocycles. The summed E-state index contributed by atoms with van der Waals surface area (Å²) in [5, 5.41) is 17.5. The number of carbonyl (C=O) groups is 1. The van der Waals surface area contributed by atoms with Crippen LogP contribution in [-0.4, -0.2) is 41.0 Å². The fraction of sp³-hybridized carbons (Fsp3) is 0.682. The maximum absolute atomic E-state index is 10.2. The lowest BCUT2D eigenvalue weighted by molar-refractivity contribution is -0.137. The number of aromatic hydroxyl groups is 1. The quantitative estimate of drug-likeness (QED) is 0.239. The molecule has 0 amide bonds. The van der Waals surface area contributed by atoms with Crippen molar-refractivity contribution in [3.8, 4) is 5.75 Å². The predicted octanol–water partition coefficient (Wildman–Crippen LogP) is 6.67. The summed E-state index contributed by atoms with van der Waals surface area (Å²) in [4.78, 5) is 12.3. The number of benzene rings is 1. The molecule has 4 nitrogen and oxygen atoms in total. The highest BCUT2D eigenvalue weighted by Crippen LogP contribution is 2.18. The molecule has 1 aromatic rings. The molecule has 0 heterocycles. The Labute approximate surface area is 180 Å². The van der Waals surface area contributed by atoms with E-state index < -0.39 is 5.97 Å². The van der Waals surface area contributed by atoms with Gasteiger partial charge in [0.25, 0.3) is 0 Å². The van der Waals surface area contributed by atoms with E-state index in [0.717, 1.165) is 31.6 Å². The van der Waals surface area contributed by atoms with E-state index in [4.69, 9.17) is 33.4 Å². The average Bonchev–Trinajstić information content (AvgIpc) is 2.67. The molecule has 1 rings (SSSR count). The van der Waals surface area contributed by atoms with Crippen LogP contribution >= 0.6 is 23.2 Å². The smallest absolute Gasteiger partial charge is 0.303 e. The summed E-state index contributed by atoms with van der Waals surface area (Å²) in [6.07, 6.45) is 11.5. The van der Waals surface area contributed by atoms with Crippen molar-refractivity contribution >= 4 is 34.9 Å². The van der Waals surface area contributed by atoms with Crippen LogP contribution in [-0.2, 0) is 4.79 Å². The molecule has 6 heteroatoms. The van der Waals surface area contributed by atoms with Crippen molar-refractivity contribution in [3.05, 3.63) is 24.3 Å². The number of phenols is 1. The highest BCUT2D eigenvalue weighted by molar-refractivity contribution is 6.18. The van der Waals surface area contributed by atoms with Crippen LogP contribution in [0.3, 0.4) is 0 Å². The number of hydrogen-bond donors (Lipinski definition) is 2. The molecular weight excluding hydrogens is 397 g/mol. The molecule has 0 aliphatic heterocycles. The molecule has 162 valence electrons. The standard InChI is InChI=1S/C12H24O2.C10H13Cl2NO/c1-2-3-4-5-6-7-8-9-10-11-12(13)14;11-5-7-13(8-6-12)9-1-3-10(14)4-2-9/h2-11H2,1H3,(H,13,14);1-4,14H,5-8H2. The Hall–Kier alpha value is -1.13. The molecule has 0 bridgehead atoms. The zero-order valence-corrected chi connectivity index (χ0v) is 18.7. The van der Waals surface area contributed by atoms with Gasteiger partial charge in [0.05, 0.1) is 0 Å². The largest absolute Gasteiger partial charge is 0.508 e. The van der Waals surface area contributed by atoms with Gasteiger partial charge in [-0.15, -0.1) is 23.2 Å². The van der Waals surface area contributed by atoms with Crippen molar-refractivity contribution < 1.29 is 15.0 Å². The summed E-state index contributed by atoms with van der Waals surface area (Å²) in [6.45, 7) is 3.75. The fourth-order valence-corrected chi connectivity index (χ4v) is 3.23. The molecule has 28 heavy (non-hydrogen) atoms. The molecule has 0 saturated heterocycles. The minimum atomic E-state index is -0.659. The third kappa shape index (κ3) is 15.9. The van der Waals surface area contributed by atoms with E-state index in [2.05, 4.69) is 11.8 Å². The van der Waals surface area contributed by atoms with Gasteiger partial charge in [0.1, 0.15) is 5.75 Å². The SMILES string of the molecule is CCCCCCCCCCCC(=O)O.Oc1ccc(N(CCCl)CCCl)cc1. The van der Waals surface area contributed by atoms with Gasteiger partial charge in [0.15, 0.2) is 0 Å². The molecule has 0 atom stereocenters. The Morgan fingerprint density at radius 3 is 1.75 bits per heavy atom. The Morgan fingerprint density at radius 2 is 1.32 bits per heavy atom. The molecule has 2 N–H and O–H groups in total. The molecule has 0 fully saturated rings. The average molecular weight is 434 g/mol. The van der Waals surface area contributed by atoms with Gasteiger partial charge >= 0.3 is 5.97 Å². The van der Waals surface area contributed by atoms with Crippen molar-refractivity contribution in [2.45, 2.75) is 71.1 Å². The van der Waals surface area contributed by atoms with E-state index in [0.29, 0.717) is 18.2 Å². The second-order valence-corrected chi connectivity index (χ2v) is 7.61. The first kappa shape index (κ1) is 26.9. The minimum absolute atomic E-state index is 0.269. The van der Waals surface area contributed by atoms with Crippen LogP contribution in [0.2, 0.25) is 0 Å². The van der Waals surface area contributed by atoms with Crippen molar-refractivity contribution in [1.29, 1.82) is 0 Å². The lowest BCUT2D eigenvalue weighted by atomic mass is 10.1. The number of rotatable bonds is 15. The zero-order chi connectivity index (χ0) is 21.0. The van der Waals surface area contributed by atoms with Crippen molar-refractivity contribution in [2.75, 3.05) is 29.7 Å². The van der Waals surface area contributed by atoms with Gasteiger partial charge in [-0.25, -0.2) is 0 Å². The van der Waals surface area contributed by atoms with Gasteiger partial charge in [-0.05, 0) is 30.7 Å². The predicted molar refractivity (Wildman–Crippen MR) is 121 cm³/mol. The number of aliphatic carboxylic acids is 1. The summed E-state index contributed by atoms with van der Waals surface area (Å²) in [5.74, 6) is 0.744. The van der Waals surface area contributed by atoms with Gasteiger partial charge in [-0.3, -0.25) is 4.79 Å². The van der Waals surface area contributed by atoms with E-state index in [1.807, 2.05) is 12.1 Å². The van der Waals surface area contributed by atoms with E-state index in [1.54, 1.807) is 12.1 Å². The third-order valence-corrected chi connectivity index (χ3v) is 4.76. The number of phenolic OH excluding ortho intramolecular Hbond substituents is 1. The second kappa shape index (κ2) is 19.2. The highest BCUT2D eigenvalue weighted by atomic mass is 35.5. The number of hydrogen-bond acceptors (Lipinski definition) is 3. The van der Waals surface area contributed by atoms with E-state index in [-0.39, 0.29) is 5.75 Å². The van der Waals surface area contributed by atoms with Gasteiger partial charge in [-0.1, -0.05) is 58.3 Å². The molecule has 0 aliphatic carbocycles. The molecule has 0 saturated carbocycles. The number of carboxylic acid groups (broad SMARTS) is 1. The number of carboxylic acids is 1. The summed E-state index contributed by atoms with van der Waals surface area (Å²) in [6, 6.07) is 7.03. The Morgan fingerprint density at radius 1 is 0.857 bits per heavy atom. The van der Waals surface area contributed by atoms with Crippen LogP contribution < -0.4 is 4.90 Å². The maximum atomic E-state index is 10.2. The Balaban J connectivity index is 0.000000521. The zero-order valence-electron chi connectivity index (χ0n) is 17.2. The first-order chi connectivity index (χ1) is 13.5. The Kier molecular flexibility index (Phi) is 18.4. The van der Waals surface area contributed by atoms with Crippen LogP contribution in [0.5, 0.6) is 5.75 Å². The van der Waals surface area contributed by atoms with Crippen LogP contribution in [0, 0.1) is 0 Å². The lowest BCUT2D eigenvalue weighted by Gasteiger charge is -2.22. The van der Waals surface area contributed by atoms with Gasteiger partial charge in [0, 0.05) is 37.0 Å². The van der Waals surface area contributed by atoms with Crippen LogP contribution in [0.15, 0.2) is 24.3 Å².